The van der Waals surface area contributed by atoms with Crippen molar-refractivity contribution in [1.29, 1.82) is 0 Å². The number of likely N-dealkylation sites (tertiary alicyclic amines) is 1. The minimum absolute atomic E-state index is 0.112. The van der Waals surface area contributed by atoms with E-state index >= 15 is 0 Å². The van der Waals surface area contributed by atoms with E-state index in [0.717, 1.165) is 44.8 Å². The molecule has 1 N–H and O–H groups in total. The molecule has 4 heteroatoms. The second-order valence-electron chi connectivity index (χ2n) is 6.68. The van der Waals surface area contributed by atoms with Crippen molar-refractivity contribution in [2.75, 3.05) is 20.2 Å². The summed E-state index contributed by atoms with van der Waals surface area (Å²) in [5.41, 5.74) is 1.42. The Hall–Kier alpha value is -0.840. The quantitative estimate of drug-likeness (QED) is 0.900. The maximum Gasteiger partial charge on any atom is 0.122 e. The highest BCUT2D eigenvalue weighted by molar-refractivity contribution is 5.17. The number of hydrogen-bond acceptors (Lipinski definition) is 4. The van der Waals surface area contributed by atoms with Crippen molar-refractivity contribution in [3.63, 3.8) is 0 Å². The lowest BCUT2D eigenvalue weighted by Gasteiger charge is -2.31. The molecule has 0 atom stereocenters. The predicted molar refractivity (Wildman–Crippen MR) is 80.6 cm³/mol. The first-order valence-corrected chi connectivity index (χ1v) is 7.53. The van der Waals surface area contributed by atoms with Crippen LogP contribution in [0.5, 0.6) is 0 Å². The summed E-state index contributed by atoms with van der Waals surface area (Å²) in [7, 11) is 1.81. The summed E-state index contributed by atoms with van der Waals surface area (Å²) < 4.78 is 11.0. The number of furan rings is 1. The van der Waals surface area contributed by atoms with Gasteiger partial charge in [-0.25, -0.2) is 0 Å². The fourth-order valence-corrected chi connectivity index (χ4v) is 2.55. The number of rotatable bonds is 5. The van der Waals surface area contributed by atoms with Crippen LogP contribution < -0.4 is 5.32 Å². The molecular formula is C16H28N2O2. The number of ether oxygens (including phenoxy) is 1. The molecule has 1 aromatic rings. The van der Waals surface area contributed by atoms with Gasteiger partial charge in [0, 0.05) is 37.8 Å². The Morgan fingerprint density at radius 3 is 2.65 bits per heavy atom. The molecular weight excluding hydrogens is 252 g/mol. The molecule has 1 aromatic heterocycles. The fourth-order valence-electron chi connectivity index (χ4n) is 2.55. The lowest BCUT2D eigenvalue weighted by Crippen LogP contribution is -2.37. The Bertz CT molecular complexity index is 401. The van der Waals surface area contributed by atoms with Crippen LogP contribution in [0.15, 0.2) is 16.7 Å². The van der Waals surface area contributed by atoms with E-state index in [9.17, 15) is 0 Å². The average molecular weight is 280 g/mol. The maximum absolute atomic E-state index is 5.63. The highest BCUT2D eigenvalue weighted by atomic mass is 16.5. The van der Waals surface area contributed by atoms with Gasteiger partial charge < -0.3 is 14.5 Å². The Morgan fingerprint density at radius 1 is 1.35 bits per heavy atom. The van der Waals surface area contributed by atoms with Crippen LogP contribution in [-0.4, -0.2) is 36.7 Å². The summed E-state index contributed by atoms with van der Waals surface area (Å²) in [6.07, 6.45) is 4.50. The minimum Gasteiger partial charge on any atom is -0.468 e. The van der Waals surface area contributed by atoms with Crippen molar-refractivity contribution in [2.24, 2.45) is 0 Å². The maximum atomic E-state index is 5.63. The molecule has 1 saturated heterocycles. The lowest BCUT2D eigenvalue weighted by molar-refractivity contribution is 0.0387. The monoisotopic (exact) mass is 280 g/mol. The van der Waals surface area contributed by atoms with Gasteiger partial charge in [0.2, 0.25) is 0 Å². The van der Waals surface area contributed by atoms with E-state index in [0.29, 0.717) is 6.10 Å². The number of methoxy groups -OCH3 is 1. The van der Waals surface area contributed by atoms with E-state index in [2.05, 4.69) is 37.1 Å². The summed E-state index contributed by atoms with van der Waals surface area (Å²) >= 11 is 0. The van der Waals surface area contributed by atoms with Gasteiger partial charge >= 0.3 is 0 Å². The van der Waals surface area contributed by atoms with Gasteiger partial charge in [-0.2, -0.15) is 0 Å². The molecule has 0 unspecified atom stereocenters. The zero-order chi connectivity index (χ0) is 14.6. The van der Waals surface area contributed by atoms with E-state index in [1.54, 1.807) is 6.26 Å². The number of nitrogens with one attached hydrogen (secondary N) is 1. The molecule has 4 nitrogen and oxygen atoms in total. The Balaban J connectivity index is 1.86. The molecule has 0 spiro atoms. The van der Waals surface area contributed by atoms with Crippen LogP contribution >= 0.6 is 0 Å². The van der Waals surface area contributed by atoms with Crippen LogP contribution in [0.3, 0.4) is 0 Å². The topological polar surface area (TPSA) is 37.6 Å². The summed E-state index contributed by atoms with van der Waals surface area (Å²) in [6.45, 7) is 10.5. The van der Waals surface area contributed by atoms with E-state index < -0.39 is 0 Å². The van der Waals surface area contributed by atoms with E-state index in [1.165, 1.54) is 5.56 Å². The van der Waals surface area contributed by atoms with Crippen molar-refractivity contribution in [1.82, 2.24) is 10.2 Å². The van der Waals surface area contributed by atoms with E-state index in [1.807, 2.05) is 7.11 Å². The van der Waals surface area contributed by atoms with Gasteiger partial charge in [-0.15, -0.1) is 0 Å². The van der Waals surface area contributed by atoms with Crippen molar-refractivity contribution in [2.45, 2.75) is 58.3 Å². The summed E-state index contributed by atoms with van der Waals surface area (Å²) in [4.78, 5) is 2.49. The second-order valence-corrected chi connectivity index (χ2v) is 6.68. The number of nitrogens with zero attached hydrogens (tertiary/aromatic N) is 1. The first-order chi connectivity index (χ1) is 9.48. The summed E-state index contributed by atoms with van der Waals surface area (Å²) in [6, 6.07) is 2.10. The van der Waals surface area contributed by atoms with Crippen molar-refractivity contribution < 1.29 is 9.15 Å². The second kappa shape index (κ2) is 6.74. The third kappa shape index (κ3) is 4.62. The van der Waals surface area contributed by atoms with Crippen molar-refractivity contribution in [3.8, 4) is 0 Å². The highest BCUT2D eigenvalue weighted by Crippen LogP contribution is 2.19. The van der Waals surface area contributed by atoms with Crippen LogP contribution in [0.1, 0.15) is 44.9 Å². The van der Waals surface area contributed by atoms with Gasteiger partial charge in [0.1, 0.15) is 5.76 Å². The van der Waals surface area contributed by atoms with Gasteiger partial charge in [-0.05, 0) is 39.7 Å². The third-order valence-electron chi connectivity index (χ3n) is 3.88. The Morgan fingerprint density at radius 2 is 2.05 bits per heavy atom. The van der Waals surface area contributed by atoms with Gasteiger partial charge in [0.05, 0.1) is 18.9 Å². The standard InChI is InChI=1S/C16H28N2O2/c1-16(2,3)17-11-15-13(7-10-20-15)12-18-8-5-14(19-4)6-9-18/h7,10,14,17H,5-6,8-9,11-12H2,1-4H3. The molecule has 0 amide bonds. The van der Waals surface area contributed by atoms with Crippen molar-refractivity contribution >= 4 is 0 Å². The fraction of sp³-hybridized carbons (Fsp3) is 0.750. The van der Waals surface area contributed by atoms with E-state index in [-0.39, 0.29) is 5.54 Å². The average Bonchev–Trinajstić information content (AvgIpc) is 2.84. The first-order valence-electron chi connectivity index (χ1n) is 7.53. The molecule has 0 aliphatic carbocycles. The minimum atomic E-state index is 0.112. The van der Waals surface area contributed by atoms with Crippen LogP contribution in [-0.2, 0) is 17.8 Å². The zero-order valence-electron chi connectivity index (χ0n) is 13.2. The molecule has 0 radical (unpaired) electrons. The van der Waals surface area contributed by atoms with Crippen LogP contribution in [0.2, 0.25) is 0 Å². The SMILES string of the molecule is COC1CCN(Cc2ccoc2CNC(C)(C)C)CC1. The smallest absolute Gasteiger partial charge is 0.122 e. The van der Waals surface area contributed by atoms with Gasteiger partial charge in [-0.1, -0.05) is 0 Å². The molecule has 0 saturated carbocycles. The zero-order valence-corrected chi connectivity index (χ0v) is 13.2. The number of piperidine rings is 1. The molecule has 1 fully saturated rings. The van der Waals surface area contributed by atoms with Crippen molar-refractivity contribution in [3.05, 3.63) is 23.7 Å². The Kier molecular flexibility index (Phi) is 5.24. The molecule has 2 heterocycles. The molecule has 0 bridgehead atoms. The number of hydrogen-bond donors (Lipinski definition) is 1. The van der Waals surface area contributed by atoms with Crippen LogP contribution in [0.4, 0.5) is 0 Å². The molecule has 1 aliphatic heterocycles. The van der Waals surface area contributed by atoms with E-state index in [4.69, 9.17) is 9.15 Å². The summed E-state index contributed by atoms with van der Waals surface area (Å²) in [5, 5.41) is 3.49. The molecule has 20 heavy (non-hydrogen) atoms. The lowest BCUT2D eigenvalue weighted by atomic mass is 10.1. The van der Waals surface area contributed by atoms with Gasteiger partial charge in [0.15, 0.2) is 0 Å². The predicted octanol–water partition coefficient (Wildman–Crippen LogP) is 2.78. The largest absolute Gasteiger partial charge is 0.468 e. The highest BCUT2D eigenvalue weighted by Gasteiger charge is 2.20. The Labute approximate surface area is 122 Å². The summed E-state index contributed by atoms with van der Waals surface area (Å²) in [5.74, 6) is 1.06. The normalized spacial score (nSPS) is 18.6. The molecule has 1 aliphatic rings. The third-order valence-corrected chi connectivity index (χ3v) is 3.88. The molecule has 2 rings (SSSR count). The molecule has 0 aromatic carbocycles. The van der Waals surface area contributed by atoms with Gasteiger partial charge in [0.25, 0.3) is 0 Å². The molecule has 114 valence electrons. The van der Waals surface area contributed by atoms with Gasteiger partial charge in [-0.3, -0.25) is 4.90 Å². The first kappa shape index (κ1) is 15.5. The van der Waals surface area contributed by atoms with Crippen LogP contribution in [0, 0.1) is 0 Å². The van der Waals surface area contributed by atoms with Crippen LogP contribution in [0.25, 0.3) is 0 Å².